The average molecular weight is 332 g/mol. The highest BCUT2D eigenvalue weighted by atomic mass is 16.2. The van der Waals surface area contributed by atoms with Crippen LogP contribution in [-0.4, -0.2) is 50.1 Å². The fourth-order valence-corrected chi connectivity index (χ4v) is 2.73. The molecule has 0 aliphatic carbocycles. The number of carbonyl (C=O) groups is 2. The molecule has 132 valence electrons. The van der Waals surface area contributed by atoms with Gasteiger partial charge in [0.15, 0.2) is 0 Å². The van der Waals surface area contributed by atoms with E-state index in [0.29, 0.717) is 13.0 Å². The summed E-state index contributed by atoms with van der Waals surface area (Å²) >= 11 is 0. The summed E-state index contributed by atoms with van der Waals surface area (Å²) in [6.45, 7) is 7.20. The molecular weight excluding hydrogens is 304 g/mol. The third kappa shape index (κ3) is 4.96. The van der Waals surface area contributed by atoms with Crippen molar-refractivity contribution < 1.29 is 9.59 Å². The molecule has 0 spiro atoms. The monoisotopic (exact) mass is 332 g/mol. The number of amides is 3. The first kappa shape index (κ1) is 18.3. The van der Waals surface area contributed by atoms with E-state index in [2.05, 4.69) is 22.5 Å². The Morgan fingerprint density at radius 2 is 2.21 bits per heavy atom. The van der Waals surface area contributed by atoms with Crippen LogP contribution in [-0.2, 0) is 4.79 Å². The van der Waals surface area contributed by atoms with Gasteiger partial charge in [-0.25, -0.2) is 4.79 Å². The van der Waals surface area contributed by atoms with Crippen LogP contribution in [0, 0.1) is 0 Å². The quantitative estimate of drug-likeness (QED) is 0.804. The van der Waals surface area contributed by atoms with Gasteiger partial charge in [-0.15, -0.1) is 0 Å². The Morgan fingerprint density at radius 3 is 2.88 bits per heavy atom. The predicted octanol–water partition coefficient (Wildman–Crippen LogP) is 2.13. The van der Waals surface area contributed by atoms with E-state index < -0.39 is 0 Å². The third-order valence-electron chi connectivity index (χ3n) is 4.42. The summed E-state index contributed by atoms with van der Waals surface area (Å²) in [5.74, 6) is 0.172. The molecule has 6 nitrogen and oxygen atoms in total. The topological polar surface area (TPSA) is 64.7 Å². The Morgan fingerprint density at radius 1 is 1.42 bits per heavy atom. The summed E-state index contributed by atoms with van der Waals surface area (Å²) in [6, 6.07) is 7.54. The average Bonchev–Trinajstić information content (AvgIpc) is 3.00. The molecule has 0 unspecified atom stereocenters. The molecule has 2 rings (SSSR count). The van der Waals surface area contributed by atoms with Crippen molar-refractivity contribution in [3.05, 3.63) is 29.8 Å². The van der Waals surface area contributed by atoms with Crippen molar-refractivity contribution in [2.75, 3.05) is 38.1 Å². The summed E-state index contributed by atoms with van der Waals surface area (Å²) < 4.78 is 0. The maximum Gasteiger partial charge on any atom is 0.315 e. The van der Waals surface area contributed by atoms with Crippen molar-refractivity contribution >= 4 is 17.6 Å². The highest BCUT2D eigenvalue weighted by Crippen LogP contribution is 2.24. The van der Waals surface area contributed by atoms with Gasteiger partial charge in [0.25, 0.3) is 0 Å². The highest BCUT2D eigenvalue weighted by molar-refractivity contribution is 5.95. The first-order valence-corrected chi connectivity index (χ1v) is 8.64. The second-order valence-electron chi connectivity index (χ2n) is 6.26. The van der Waals surface area contributed by atoms with Crippen molar-refractivity contribution in [2.24, 2.45) is 0 Å². The van der Waals surface area contributed by atoms with E-state index in [0.717, 1.165) is 37.3 Å². The van der Waals surface area contributed by atoms with E-state index in [1.54, 1.807) is 0 Å². The van der Waals surface area contributed by atoms with Crippen LogP contribution in [0.3, 0.4) is 0 Å². The van der Waals surface area contributed by atoms with Crippen LogP contribution in [0.1, 0.15) is 38.3 Å². The molecule has 1 fully saturated rings. The molecule has 2 N–H and O–H groups in total. The van der Waals surface area contributed by atoms with Crippen molar-refractivity contribution in [2.45, 2.75) is 32.7 Å². The van der Waals surface area contributed by atoms with Crippen LogP contribution in [0.2, 0.25) is 0 Å². The van der Waals surface area contributed by atoms with Crippen LogP contribution < -0.4 is 15.5 Å². The fraction of sp³-hybridized carbons (Fsp3) is 0.556. The number of hydrogen-bond acceptors (Lipinski definition) is 3. The first-order chi connectivity index (χ1) is 11.5. The molecular formula is C18H28N4O2. The number of nitrogens with one attached hydrogen (secondary N) is 2. The molecule has 1 aromatic rings. The molecule has 1 aromatic carbocycles. The van der Waals surface area contributed by atoms with Crippen LogP contribution >= 0.6 is 0 Å². The number of rotatable bonds is 7. The van der Waals surface area contributed by atoms with Gasteiger partial charge >= 0.3 is 6.03 Å². The molecule has 0 bridgehead atoms. The van der Waals surface area contributed by atoms with Crippen LogP contribution in [0.4, 0.5) is 10.5 Å². The van der Waals surface area contributed by atoms with Gasteiger partial charge in [0.2, 0.25) is 5.91 Å². The zero-order chi connectivity index (χ0) is 17.5. The van der Waals surface area contributed by atoms with Crippen molar-refractivity contribution in [1.82, 2.24) is 15.5 Å². The summed E-state index contributed by atoms with van der Waals surface area (Å²) in [6.07, 6.45) is 1.53. The molecule has 0 radical (unpaired) electrons. The number of hydrogen-bond donors (Lipinski definition) is 2. The summed E-state index contributed by atoms with van der Waals surface area (Å²) in [5, 5.41) is 5.81. The highest BCUT2D eigenvalue weighted by Gasteiger charge is 2.22. The molecule has 3 amide bonds. The minimum Gasteiger partial charge on any atom is -0.337 e. The van der Waals surface area contributed by atoms with Crippen LogP contribution in [0.25, 0.3) is 0 Å². The van der Waals surface area contributed by atoms with Crippen molar-refractivity contribution in [3.8, 4) is 0 Å². The molecule has 1 aliphatic heterocycles. The maximum atomic E-state index is 12.0. The lowest BCUT2D eigenvalue weighted by molar-refractivity contribution is -0.117. The van der Waals surface area contributed by atoms with Gasteiger partial charge in [-0.3, -0.25) is 4.79 Å². The van der Waals surface area contributed by atoms with E-state index in [-0.39, 0.29) is 18.0 Å². The van der Waals surface area contributed by atoms with E-state index >= 15 is 0 Å². The molecule has 1 aliphatic rings. The number of benzene rings is 1. The Kier molecular flexibility index (Phi) is 6.61. The molecule has 1 atom stereocenters. The minimum atomic E-state index is -0.172. The number of carbonyl (C=O) groups excluding carboxylic acids is 2. The summed E-state index contributed by atoms with van der Waals surface area (Å²) in [4.78, 5) is 27.8. The smallest absolute Gasteiger partial charge is 0.315 e. The van der Waals surface area contributed by atoms with Gasteiger partial charge in [-0.2, -0.15) is 0 Å². The lowest BCUT2D eigenvalue weighted by Crippen LogP contribution is -2.40. The van der Waals surface area contributed by atoms with E-state index in [1.807, 2.05) is 43.1 Å². The number of anilines is 1. The number of nitrogens with zero attached hydrogens (tertiary/aromatic N) is 2. The second-order valence-corrected chi connectivity index (χ2v) is 6.26. The summed E-state index contributed by atoms with van der Waals surface area (Å²) in [7, 11) is 2.02. The number of likely N-dealkylation sites (N-methyl/N-ethyl adjacent to an activating group) is 1. The van der Waals surface area contributed by atoms with Gasteiger partial charge < -0.3 is 20.4 Å². The second kappa shape index (κ2) is 8.68. The van der Waals surface area contributed by atoms with Gasteiger partial charge in [-0.05, 0) is 44.6 Å². The van der Waals surface area contributed by atoms with Gasteiger partial charge in [0, 0.05) is 31.7 Å². The zero-order valence-electron chi connectivity index (χ0n) is 14.8. The molecule has 0 aromatic heterocycles. The summed E-state index contributed by atoms with van der Waals surface area (Å²) in [5.41, 5.74) is 1.90. The fourth-order valence-electron chi connectivity index (χ4n) is 2.73. The molecule has 6 heteroatoms. The predicted molar refractivity (Wildman–Crippen MR) is 96.1 cm³/mol. The molecule has 1 heterocycles. The first-order valence-electron chi connectivity index (χ1n) is 8.64. The zero-order valence-corrected chi connectivity index (χ0v) is 14.8. The SMILES string of the molecule is CCN(C)CCNC(=O)N[C@H](C)c1cccc(N2CCCC2=O)c1. The Labute approximate surface area is 144 Å². The van der Waals surface area contributed by atoms with Crippen molar-refractivity contribution in [1.29, 1.82) is 0 Å². The Hall–Kier alpha value is -2.08. The van der Waals surface area contributed by atoms with E-state index in [9.17, 15) is 9.59 Å². The Balaban J connectivity index is 1.89. The standard InChI is InChI=1S/C18H28N4O2/c1-4-21(3)12-10-19-18(24)20-14(2)15-7-5-8-16(13-15)22-11-6-9-17(22)23/h5,7-8,13-14H,4,6,9-12H2,1-3H3,(H2,19,20,24)/t14-/m1/s1. The largest absolute Gasteiger partial charge is 0.337 e. The van der Waals surface area contributed by atoms with Crippen LogP contribution in [0.15, 0.2) is 24.3 Å². The Bertz CT molecular complexity index is 576. The molecule has 0 saturated carbocycles. The third-order valence-corrected chi connectivity index (χ3v) is 4.42. The number of urea groups is 1. The lowest BCUT2D eigenvalue weighted by atomic mass is 10.1. The molecule has 1 saturated heterocycles. The maximum absolute atomic E-state index is 12.0. The lowest BCUT2D eigenvalue weighted by Gasteiger charge is -2.20. The van der Waals surface area contributed by atoms with Crippen molar-refractivity contribution in [3.63, 3.8) is 0 Å². The van der Waals surface area contributed by atoms with Gasteiger partial charge in [0.05, 0.1) is 6.04 Å². The van der Waals surface area contributed by atoms with E-state index in [4.69, 9.17) is 0 Å². The van der Waals surface area contributed by atoms with Crippen LogP contribution in [0.5, 0.6) is 0 Å². The normalized spacial score (nSPS) is 15.7. The molecule has 24 heavy (non-hydrogen) atoms. The minimum absolute atomic E-state index is 0.119. The van der Waals surface area contributed by atoms with E-state index in [1.165, 1.54) is 0 Å². The van der Waals surface area contributed by atoms with Gasteiger partial charge in [-0.1, -0.05) is 19.1 Å². The van der Waals surface area contributed by atoms with Gasteiger partial charge in [0.1, 0.15) is 0 Å².